The van der Waals surface area contributed by atoms with Crippen molar-refractivity contribution in [3.8, 4) is 11.1 Å². The van der Waals surface area contributed by atoms with Crippen LogP contribution in [0.25, 0.3) is 11.1 Å². The second-order valence-electron chi connectivity index (χ2n) is 7.80. The quantitative estimate of drug-likeness (QED) is 0.637. The molecule has 0 aromatic heterocycles. The van der Waals surface area contributed by atoms with Gasteiger partial charge in [0, 0.05) is 25.1 Å². The summed E-state index contributed by atoms with van der Waals surface area (Å²) in [6.07, 6.45) is 1.58. The van der Waals surface area contributed by atoms with Crippen LogP contribution in [0.2, 0.25) is 0 Å². The van der Waals surface area contributed by atoms with Crippen LogP contribution < -0.4 is 5.32 Å². The molecule has 1 unspecified atom stereocenters. The molecule has 0 radical (unpaired) electrons. The molecule has 2 amide bonds. The van der Waals surface area contributed by atoms with Crippen molar-refractivity contribution in [2.45, 2.75) is 32.4 Å². The molecule has 1 N–H and O–H groups in total. The van der Waals surface area contributed by atoms with Crippen molar-refractivity contribution < 1.29 is 9.59 Å². The van der Waals surface area contributed by atoms with E-state index in [9.17, 15) is 9.59 Å². The molecule has 0 aliphatic carbocycles. The fourth-order valence-electron chi connectivity index (χ4n) is 3.81. The lowest BCUT2D eigenvalue weighted by Crippen LogP contribution is -2.27. The number of nitrogens with zero attached hydrogens (tertiary/aromatic N) is 1. The summed E-state index contributed by atoms with van der Waals surface area (Å²) in [5, 5.41) is 3.07. The van der Waals surface area contributed by atoms with Gasteiger partial charge in [0.15, 0.2) is 0 Å². The van der Waals surface area contributed by atoms with Gasteiger partial charge in [-0.2, -0.15) is 0 Å². The van der Waals surface area contributed by atoms with Crippen LogP contribution in [-0.4, -0.2) is 23.3 Å². The Labute approximate surface area is 177 Å². The zero-order valence-corrected chi connectivity index (χ0v) is 17.2. The van der Waals surface area contributed by atoms with Crippen LogP contribution in [-0.2, 0) is 11.3 Å². The number of carbonyl (C=O) groups excluding carboxylic acids is 2. The molecular formula is C26H26N2O2. The third-order valence-corrected chi connectivity index (χ3v) is 5.63. The standard InChI is InChI=1S/C26H26N2O2/c1-19(21-13-15-23(16-14-21)22-6-3-2-4-7-22)27-26(30)24-11-9-20(10-12-24)18-28-17-5-8-25(28)29/h2-4,6-7,9-16,19H,5,8,17-18H2,1H3,(H,27,30). The van der Waals surface area contributed by atoms with Crippen LogP contribution in [0.1, 0.15) is 47.3 Å². The fourth-order valence-corrected chi connectivity index (χ4v) is 3.81. The molecule has 1 heterocycles. The minimum absolute atomic E-state index is 0.0933. The van der Waals surface area contributed by atoms with E-state index in [2.05, 4.69) is 41.7 Å². The van der Waals surface area contributed by atoms with E-state index in [0.29, 0.717) is 18.5 Å². The van der Waals surface area contributed by atoms with Gasteiger partial charge in [0.2, 0.25) is 5.91 Å². The number of rotatable bonds is 6. The van der Waals surface area contributed by atoms with E-state index in [-0.39, 0.29) is 17.9 Å². The summed E-state index contributed by atoms with van der Waals surface area (Å²) < 4.78 is 0. The van der Waals surface area contributed by atoms with Gasteiger partial charge in [0.05, 0.1) is 6.04 Å². The number of hydrogen-bond acceptors (Lipinski definition) is 2. The molecule has 4 nitrogen and oxygen atoms in total. The van der Waals surface area contributed by atoms with E-state index < -0.39 is 0 Å². The summed E-state index contributed by atoms with van der Waals surface area (Å²) in [7, 11) is 0. The van der Waals surface area contributed by atoms with E-state index in [1.54, 1.807) is 0 Å². The van der Waals surface area contributed by atoms with Gasteiger partial charge in [-0.05, 0) is 47.7 Å². The van der Waals surface area contributed by atoms with Gasteiger partial charge in [-0.1, -0.05) is 66.7 Å². The van der Waals surface area contributed by atoms with Gasteiger partial charge >= 0.3 is 0 Å². The second-order valence-corrected chi connectivity index (χ2v) is 7.80. The van der Waals surface area contributed by atoms with E-state index in [1.807, 2.05) is 54.3 Å². The summed E-state index contributed by atoms with van der Waals surface area (Å²) in [4.78, 5) is 26.3. The lowest BCUT2D eigenvalue weighted by molar-refractivity contribution is -0.128. The molecule has 1 fully saturated rings. The first-order valence-electron chi connectivity index (χ1n) is 10.4. The summed E-state index contributed by atoms with van der Waals surface area (Å²) in [5.41, 5.74) is 5.07. The molecule has 30 heavy (non-hydrogen) atoms. The highest BCUT2D eigenvalue weighted by molar-refractivity contribution is 5.94. The molecule has 3 aromatic carbocycles. The number of nitrogens with one attached hydrogen (secondary N) is 1. The topological polar surface area (TPSA) is 49.4 Å². The normalized spacial score (nSPS) is 14.6. The maximum atomic E-state index is 12.6. The summed E-state index contributed by atoms with van der Waals surface area (Å²) >= 11 is 0. The Morgan fingerprint density at radius 2 is 1.60 bits per heavy atom. The predicted octanol–water partition coefficient (Wildman–Crippen LogP) is 4.97. The smallest absolute Gasteiger partial charge is 0.251 e. The Morgan fingerprint density at radius 3 is 2.23 bits per heavy atom. The van der Waals surface area contributed by atoms with Crippen LogP contribution in [0.4, 0.5) is 0 Å². The van der Waals surface area contributed by atoms with Gasteiger partial charge in [-0.25, -0.2) is 0 Å². The zero-order valence-electron chi connectivity index (χ0n) is 17.2. The molecular weight excluding hydrogens is 372 g/mol. The Bertz CT molecular complexity index is 1010. The van der Waals surface area contributed by atoms with E-state index in [1.165, 1.54) is 5.56 Å². The van der Waals surface area contributed by atoms with Crippen LogP contribution in [0, 0.1) is 0 Å². The summed E-state index contributed by atoms with van der Waals surface area (Å²) in [5.74, 6) is 0.113. The molecule has 4 rings (SSSR count). The van der Waals surface area contributed by atoms with Crippen molar-refractivity contribution >= 4 is 11.8 Å². The number of hydrogen-bond donors (Lipinski definition) is 1. The molecule has 0 spiro atoms. The van der Waals surface area contributed by atoms with Gasteiger partial charge in [0.1, 0.15) is 0 Å². The lowest BCUT2D eigenvalue weighted by atomic mass is 10.0. The average molecular weight is 399 g/mol. The molecule has 0 bridgehead atoms. The fraction of sp³-hybridized carbons (Fsp3) is 0.231. The van der Waals surface area contributed by atoms with Crippen LogP contribution in [0.3, 0.4) is 0 Å². The minimum Gasteiger partial charge on any atom is -0.346 e. The number of likely N-dealkylation sites (tertiary alicyclic amines) is 1. The first-order chi connectivity index (χ1) is 14.6. The van der Waals surface area contributed by atoms with E-state index in [4.69, 9.17) is 0 Å². The van der Waals surface area contributed by atoms with Gasteiger partial charge in [-0.3, -0.25) is 9.59 Å². The van der Waals surface area contributed by atoms with Crippen molar-refractivity contribution in [2.24, 2.45) is 0 Å². The Hall–Kier alpha value is -3.40. The molecule has 1 aliphatic heterocycles. The van der Waals surface area contributed by atoms with Gasteiger partial charge in [0.25, 0.3) is 5.91 Å². The highest BCUT2D eigenvalue weighted by atomic mass is 16.2. The largest absolute Gasteiger partial charge is 0.346 e. The number of carbonyl (C=O) groups is 2. The SMILES string of the molecule is CC(NC(=O)c1ccc(CN2CCCC2=O)cc1)c1ccc(-c2ccccc2)cc1. The second kappa shape index (κ2) is 8.95. The molecule has 0 saturated carbocycles. The summed E-state index contributed by atoms with van der Waals surface area (Å²) in [6, 6.07) is 26.0. The van der Waals surface area contributed by atoms with Crippen molar-refractivity contribution in [1.29, 1.82) is 0 Å². The monoisotopic (exact) mass is 398 g/mol. The average Bonchev–Trinajstić information content (AvgIpc) is 3.19. The highest BCUT2D eigenvalue weighted by Crippen LogP contribution is 2.22. The lowest BCUT2D eigenvalue weighted by Gasteiger charge is -2.17. The molecule has 1 atom stereocenters. The van der Waals surface area contributed by atoms with Gasteiger partial charge < -0.3 is 10.2 Å². The summed E-state index contributed by atoms with van der Waals surface area (Å²) in [6.45, 7) is 3.43. The minimum atomic E-state index is -0.0987. The first kappa shape index (κ1) is 19.9. The van der Waals surface area contributed by atoms with Crippen molar-refractivity contribution in [2.75, 3.05) is 6.54 Å². The zero-order chi connectivity index (χ0) is 20.9. The molecule has 1 saturated heterocycles. The molecule has 1 aliphatic rings. The van der Waals surface area contributed by atoms with E-state index in [0.717, 1.165) is 29.7 Å². The Kier molecular flexibility index (Phi) is 5.94. The van der Waals surface area contributed by atoms with Crippen molar-refractivity contribution in [3.05, 3.63) is 95.6 Å². The Balaban J connectivity index is 1.36. The third kappa shape index (κ3) is 4.60. The molecule has 152 valence electrons. The maximum Gasteiger partial charge on any atom is 0.251 e. The predicted molar refractivity (Wildman–Crippen MR) is 119 cm³/mol. The van der Waals surface area contributed by atoms with E-state index >= 15 is 0 Å². The van der Waals surface area contributed by atoms with Crippen LogP contribution in [0.15, 0.2) is 78.9 Å². The van der Waals surface area contributed by atoms with Crippen molar-refractivity contribution in [1.82, 2.24) is 10.2 Å². The highest BCUT2D eigenvalue weighted by Gasteiger charge is 2.20. The maximum absolute atomic E-state index is 12.6. The Morgan fingerprint density at radius 1 is 0.933 bits per heavy atom. The third-order valence-electron chi connectivity index (χ3n) is 5.63. The number of benzene rings is 3. The number of amides is 2. The molecule has 4 heteroatoms. The molecule has 3 aromatic rings. The first-order valence-corrected chi connectivity index (χ1v) is 10.4. The van der Waals surface area contributed by atoms with Gasteiger partial charge in [-0.15, -0.1) is 0 Å². The van der Waals surface area contributed by atoms with Crippen molar-refractivity contribution in [3.63, 3.8) is 0 Å². The van der Waals surface area contributed by atoms with Crippen LogP contribution in [0.5, 0.6) is 0 Å². The van der Waals surface area contributed by atoms with Crippen LogP contribution >= 0.6 is 0 Å².